The molecule has 0 aliphatic heterocycles. The average Bonchev–Trinajstić information content (AvgIpc) is 3.16. The molecule has 0 amide bonds. The monoisotopic (exact) mass is 800 g/mol. The lowest BCUT2D eigenvalue weighted by Gasteiger charge is -2.20. The summed E-state index contributed by atoms with van der Waals surface area (Å²) >= 11 is 0. The molecule has 0 saturated heterocycles. The molecule has 11 nitrogen and oxygen atoms in total. The molecule has 1 unspecified atom stereocenters. The number of ether oxygens (including phenoxy) is 2. The number of allylic oxidation sites excluding steroid dienone is 6. The quantitative estimate of drug-likeness (QED) is 0.0233. The molecule has 0 spiro atoms. The van der Waals surface area contributed by atoms with Gasteiger partial charge in [-0.1, -0.05) is 159 Å². The zero-order valence-electron chi connectivity index (χ0n) is 34.5. The van der Waals surface area contributed by atoms with E-state index in [1.165, 1.54) is 83.5 Å². The molecule has 0 aliphatic rings. The molecule has 0 rings (SSSR count). The first-order valence-corrected chi connectivity index (χ1v) is 23.0. The summed E-state index contributed by atoms with van der Waals surface area (Å²) in [5.41, 5.74) is 5.33. The van der Waals surface area contributed by atoms with E-state index in [0.29, 0.717) is 12.8 Å². The third-order valence-electron chi connectivity index (χ3n) is 9.14. The Morgan fingerprint density at radius 1 is 0.564 bits per heavy atom. The number of phosphoric ester groups is 1. The number of rotatable bonds is 40. The summed E-state index contributed by atoms with van der Waals surface area (Å²) in [6.07, 6.45) is 40.6. The minimum absolute atomic E-state index is 0.137. The number of hydrogen-bond acceptors (Lipinski definition) is 9. The zero-order chi connectivity index (χ0) is 40.7. The van der Waals surface area contributed by atoms with Crippen molar-refractivity contribution in [3.8, 4) is 0 Å². The second-order valence-electron chi connectivity index (χ2n) is 14.5. The van der Waals surface area contributed by atoms with Gasteiger partial charge in [-0.25, -0.2) is 4.57 Å². The number of aliphatic carboxylic acids is 1. The highest BCUT2D eigenvalue weighted by Crippen LogP contribution is 2.43. The fraction of sp³-hybridized carbons (Fsp3) is 0.791. The van der Waals surface area contributed by atoms with Crippen molar-refractivity contribution in [2.24, 2.45) is 5.73 Å². The van der Waals surface area contributed by atoms with Gasteiger partial charge < -0.3 is 25.2 Å². The molecule has 55 heavy (non-hydrogen) atoms. The van der Waals surface area contributed by atoms with Crippen LogP contribution >= 0.6 is 7.82 Å². The number of hydrogen-bond donors (Lipinski definition) is 3. The number of carbonyl (C=O) groups is 3. The molecule has 3 atom stereocenters. The van der Waals surface area contributed by atoms with Gasteiger partial charge in [0.1, 0.15) is 12.6 Å². The van der Waals surface area contributed by atoms with Gasteiger partial charge in [0.2, 0.25) is 0 Å². The van der Waals surface area contributed by atoms with Gasteiger partial charge in [0.05, 0.1) is 13.2 Å². The Kier molecular flexibility index (Phi) is 37.0. The third kappa shape index (κ3) is 38.4. The number of carbonyl (C=O) groups excluding carboxylic acids is 2. The molecule has 0 saturated carbocycles. The Morgan fingerprint density at radius 2 is 0.964 bits per heavy atom. The maximum atomic E-state index is 12.6. The van der Waals surface area contributed by atoms with E-state index in [9.17, 15) is 23.8 Å². The van der Waals surface area contributed by atoms with Crippen LogP contribution in [0.3, 0.4) is 0 Å². The molecule has 0 radical (unpaired) electrons. The van der Waals surface area contributed by atoms with Gasteiger partial charge in [-0.3, -0.25) is 23.4 Å². The standard InChI is InChI=1S/C43H78NO10P/c1-3-5-7-9-11-13-15-17-19-20-21-23-25-27-29-31-33-35-42(46)54-39(37-52-55(49,50)53-38-40(44)43(47)48)36-51-41(45)34-32-30-28-26-24-22-18-16-14-12-10-8-6-4-2/h11,13,17,19,21,23,39-40H,3-10,12,14-16,18,20,22,24-38,44H2,1-2H3,(H,47,48)(H,49,50)/b13-11-,19-17-,23-21-/t39-,40+/m1/s1. The van der Waals surface area contributed by atoms with Crippen LogP contribution in [0.1, 0.15) is 187 Å². The van der Waals surface area contributed by atoms with Gasteiger partial charge in [0.15, 0.2) is 6.10 Å². The van der Waals surface area contributed by atoms with E-state index < -0.39 is 51.1 Å². The molecule has 0 aromatic rings. The van der Waals surface area contributed by atoms with Crippen molar-refractivity contribution < 1.29 is 47.5 Å². The summed E-state index contributed by atoms with van der Waals surface area (Å²) in [6.45, 7) is 2.75. The summed E-state index contributed by atoms with van der Waals surface area (Å²) in [7, 11) is -4.72. The Labute approximate surface area is 333 Å². The Morgan fingerprint density at radius 3 is 1.47 bits per heavy atom. The minimum atomic E-state index is -4.72. The average molecular weight is 800 g/mol. The molecule has 12 heteroatoms. The van der Waals surface area contributed by atoms with Crippen LogP contribution in [0.5, 0.6) is 0 Å². The molecule has 0 fully saturated rings. The second-order valence-corrected chi connectivity index (χ2v) is 15.9. The lowest BCUT2D eigenvalue weighted by Crippen LogP contribution is -2.34. The summed E-state index contributed by atoms with van der Waals surface area (Å²) in [6, 6.07) is -1.52. The maximum absolute atomic E-state index is 12.6. The summed E-state index contributed by atoms with van der Waals surface area (Å²) in [5.74, 6) is -2.40. The second kappa shape index (κ2) is 38.6. The molecule has 4 N–H and O–H groups in total. The van der Waals surface area contributed by atoms with E-state index in [1.807, 2.05) is 0 Å². The van der Waals surface area contributed by atoms with Gasteiger partial charge >= 0.3 is 25.7 Å². The van der Waals surface area contributed by atoms with E-state index in [2.05, 4.69) is 54.8 Å². The fourth-order valence-corrected chi connectivity index (χ4v) is 6.50. The van der Waals surface area contributed by atoms with E-state index in [4.69, 9.17) is 24.8 Å². The third-order valence-corrected chi connectivity index (χ3v) is 10.1. The first-order chi connectivity index (χ1) is 26.6. The van der Waals surface area contributed by atoms with Crippen LogP contribution in [0.25, 0.3) is 0 Å². The highest BCUT2D eigenvalue weighted by molar-refractivity contribution is 7.47. The van der Waals surface area contributed by atoms with Crippen molar-refractivity contribution in [2.75, 3.05) is 19.8 Å². The van der Waals surface area contributed by atoms with Gasteiger partial charge in [-0.15, -0.1) is 0 Å². The smallest absolute Gasteiger partial charge is 0.472 e. The van der Waals surface area contributed by atoms with Crippen LogP contribution in [0.2, 0.25) is 0 Å². The molecule has 0 bridgehead atoms. The SMILES string of the molecule is CCCCC/C=C\C/C=C\C/C=C\CCCCCCC(=O)O[C@H](COC(=O)CCCCCCCCCCCCCCCC)COP(=O)(O)OC[C@H](N)C(=O)O. The highest BCUT2D eigenvalue weighted by Gasteiger charge is 2.28. The van der Waals surface area contributed by atoms with Crippen LogP contribution in [-0.4, -0.2) is 59.9 Å². The van der Waals surface area contributed by atoms with E-state index in [0.717, 1.165) is 64.2 Å². The number of phosphoric acid groups is 1. The van der Waals surface area contributed by atoms with Crippen molar-refractivity contribution in [1.82, 2.24) is 0 Å². The van der Waals surface area contributed by atoms with Crippen molar-refractivity contribution >= 4 is 25.7 Å². The number of nitrogens with two attached hydrogens (primary N) is 1. The minimum Gasteiger partial charge on any atom is -0.480 e. The van der Waals surface area contributed by atoms with Crippen LogP contribution in [0, 0.1) is 0 Å². The normalized spacial score (nSPS) is 14.1. The molecular formula is C43H78NO10P. The van der Waals surface area contributed by atoms with Crippen molar-refractivity contribution in [3.05, 3.63) is 36.5 Å². The summed E-state index contributed by atoms with van der Waals surface area (Å²) in [5, 5.41) is 8.88. The molecule has 0 aromatic carbocycles. The lowest BCUT2D eigenvalue weighted by atomic mass is 10.0. The first-order valence-electron chi connectivity index (χ1n) is 21.5. The number of carboxylic acid groups (broad SMARTS) is 1. The van der Waals surface area contributed by atoms with Crippen molar-refractivity contribution in [2.45, 2.75) is 199 Å². The molecule has 320 valence electrons. The zero-order valence-corrected chi connectivity index (χ0v) is 35.4. The first kappa shape index (κ1) is 52.7. The maximum Gasteiger partial charge on any atom is 0.472 e. The predicted octanol–water partition coefficient (Wildman–Crippen LogP) is 11.2. The highest BCUT2D eigenvalue weighted by atomic mass is 31.2. The molecule has 0 heterocycles. The number of esters is 2. The topological polar surface area (TPSA) is 172 Å². The van der Waals surface area contributed by atoms with Crippen molar-refractivity contribution in [1.29, 1.82) is 0 Å². The van der Waals surface area contributed by atoms with Gasteiger partial charge in [0, 0.05) is 12.8 Å². The van der Waals surface area contributed by atoms with E-state index in [-0.39, 0.29) is 19.4 Å². The van der Waals surface area contributed by atoms with Crippen molar-refractivity contribution in [3.63, 3.8) is 0 Å². The lowest BCUT2D eigenvalue weighted by molar-refractivity contribution is -0.161. The Hall–Kier alpha value is -2.30. The molecule has 0 aromatic heterocycles. The largest absolute Gasteiger partial charge is 0.480 e. The van der Waals surface area contributed by atoms with Crippen LogP contribution in [-0.2, 0) is 37.5 Å². The number of carboxylic acids is 1. The van der Waals surface area contributed by atoms with E-state index >= 15 is 0 Å². The fourth-order valence-electron chi connectivity index (χ4n) is 5.72. The molecule has 0 aliphatic carbocycles. The summed E-state index contributed by atoms with van der Waals surface area (Å²) < 4.78 is 32.7. The van der Waals surface area contributed by atoms with Gasteiger partial charge in [0.25, 0.3) is 0 Å². The van der Waals surface area contributed by atoms with Crippen LogP contribution in [0.4, 0.5) is 0 Å². The Bertz CT molecular complexity index is 1080. The predicted molar refractivity (Wildman–Crippen MR) is 222 cm³/mol. The summed E-state index contributed by atoms with van der Waals surface area (Å²) in [4.78, 5) is 45.9. The van der Waals surface area contributed by atoms with Crippen LogP contribution < -0.4 is 5.73 Å². The van der Waals surface area contributed by atoms with Gasteiger partial charge in [-0.2, -0.15) is 0 Å². The number of unbranched alkanes of at least 4 members (excludes halogenated alkanes) is 20. The van der Waals surface area contributed by atoms with E-state index in [1.54, 1.807) is 0 Å². The Balaban J connectivity index is 4.41. The van der Waals surface area contributed by atoms with Crippen LogP contribution in [0.15, 0.2) is 36.5 Å². The van der Waals surface area contributed by atoms with Gasteiger partial charge in [-0.05, 0) is 51.4 Å². The molecular weight excluding hydrogens is 721 g/mol.